The molecule has 0 spiro atoms. The van der Waals surface area contributed by atoms with Gasteiger partial charge in [-0.3, -0.25) is 4.98 Å². The third-order valence-corrected chi connectivity index (χ3v) is 4.16. The second kappa shape index (κ2) is 6.28. The van der Waals surface area contributed by atoms with E-state index in [1.54, 1.807) is 18.0 Å². The Morgan fingerprint density at radius 3 is 2.76 bits per heavy atom. The van der Waals surface area contributed by atoms with E-state index in [0.717, 1.165) is 9.37 Å². The summed E-state index contributed by atoms with van der Waals surface area (Å²) >= 11 is 5.02. The Labute approximate surface area is 133 Å². The first-order valence-corrected chi connectivity index (χ1v) is 7.84. The zero-order chi connectivity index (χ0) is 14.7. The van der Waals surface area contributed by atoms with Crippen LogP contribution in [0.2, 0.25) is 0 Å². The number of hydrogen-bond acceptors (Lipinski definition) is 6. The fraction of sp³-hybridized carbons (Fsp3) is 0.0714. The largest absolute Gasteiger partial charge is 0.506 e. The van der Waals surface area contributed by atoms with Crippen molar-refractivity contribution in [1.29, 1.82) is 0 Å². The summed E-state index contributed by atoms with van der Waals surface area (Å²) in [5.74, 6) is 1.62. The molecule has 1 aromatic carbocycles. The van der Waals surface area contributed by atoms with Crippen LogP contribution in [0.25, 0.3) is 11.5 Å². The van der Waals surface area contributed by atoms with E-state index in [2.05, 4.69) is 31.1 Å². The molecule has 0 aliphatic rings. The second-order valence-corrected chi connectivity index (χ2v) is 6.15. The van der Waals surface area contributed by atoms with Gasteiger partial charge in [0.25, 0.3) is 5.89 Å². The zero-order valence-electron chi connectivity index (χ0n) is 10.7. The van der Waals surface area contributed by atoms with E-state index in [-0.39, 0.29) is 5.75 Å². The van der Waals surface area contributed by atoms with Crippen LogP contribution in [-0.4, -0.2) is 20.2 Å². The van der Waals surface area contributed by atoms with Crippen LogP contribution in [0.1, 0.15) is 5.82 Å². The summed E-state index contributed by atoms with van der Waals surface area (Å²) in [6, 6.07) is 9.56. The minimum absolute atomic E-state index is 0.0662. The molecular weight excluding hydrogens is 354 g/mol. The number of pyridine rings is 1. The molecule has 0 amide bonds. The Bertz CT molecular complexity index is 746. The lowest BCUT2D eigenvalue weighted by atomic mass is 10.3. The van der Waals surface area contributed by atoms with Crippen LogP contribution in [0.4, 0.5) is 0 Å². The molecule has 0 aliphatic carbocycles. The number of hydrogen-bond donors (Lipinski definition) is 1. The molecule has 2 heterocycles. The van der Waals surface area contributed by atoms with Crippen molar-refractivity contribution in [3.63, 3.8) is 0 Å². The second-order valence-electron chi connectivity index (χ2n) is 4.19. The maximum atomic E-state index is 9.40. The minimum Gasteiger partial charge on any atom is -0.506 e. The van der Waals surface area contributed by atoms with Crippen LogP contribution in [0.5, 0.6) is 5.75 Å². The molecule has 3 aromatic rings. The lowest BCUT2D eigenvalue weighted by Gasteiger charge is -1.98. The number of nitrogens with zero attached hydrogens (tertiary/aromatic N) is 3. The first-order valence-electron chi connectivity index (χ1n) is 6.06. The van der Waals surface area contributed by atoms with E-state index in [1.807, 2.05) is 24.3 Å². The van der Waals surface area contributed by atoms with Crippen molar-refractivity contribution in [3.05, 3.63) is 53.0 Å². The molecule has 2 aromatic heterocycles. The normalized spacial score (nSPS) is 10.7. The third-order valence-electron chi connectivity index (χ3n) is 2.62. The van der Waals surface area contributed by atoms with Crippen molar-refractivity contribution >= 4 is 27.7 Å². The van der Waals surface area contributed by atoms with E-state index in [9.17, 15) is 5.11 Å². The summed E-state index contributed by atoms with van der Waals surface area (Å²) < 4.78 is 6.23. The van der Waals surface area contributed by atoms with Gasteiger partial charge in [0.2, 0.25) is 0 Å². The van der Waals surface area contributed by atoms with Gasteiger partial charge in [0, 0.05) is 15.6 Å². The summed E-state index contributed by atoms with van der Waals surface area (Å²) in [4.78, 5) is 9.31. The molecule has 106 valence electrons. The van der Waals surface area contributed by atoms with E-state index in [0.29, 0.717) is 23.0 Å². The predicted octanol–water partition coefficient (Wildman–Crippen LogP) is 3.89. The van der Waals surface area contributed by atoms with E-state index >= 15 is 0 Å². The van der Waals surface area contributed by atoms with Gasteiger partial charge in [-0.2, -0.15) is 4.98 Å². The van der Waals surface area contributed by atoms with Gasteiger partial charge >= 0.3 is 0 Å². The van der Waals surface area contributed by atoms with Crippen LogP contribution < -0.4 is 0 Å². The summed E-state index contributed by atoms with van der Waals surface area (Å²) in [7, 11) is 0. The Hall–Kier alpha value is -1.86. The van der Waals surface area contributed by atoms with Crippen molar-refractivity contribution in [2.75, 3.05) is 0 Å². The molecule has 1 N–H and O–H groups in total. The number of rotatable bonds is 4. The minimum atomic E-state index is 0.0662. The Balaban J connectivity index is 1.69. The van der Waals surface area contributed by atoms with Gasteiger partial charge in [-0.05, 0) is 30.3 Å². The lowest BCUT2D eigenvalue weighted by molar-refractivity contribution is 0.424. The molecule has 0 radical (unpaired) electrons. The van der Waals surface area contributed by atoms with E-state index in [1.165, 1.54) is 12.3 Å². The molecule has 21 heavy (non-hydrogen) atoms. The highest BCUT2D eigenvalue weighted by Gasteiger charge is 2.10. The highest BCUT2D eigenvalue weighted by molar-refractivity contribution is 9.10. The summed E-state index contributed by atoms with van der Waals surface area (Å²) in [6.07, 6.45) is 2.92. The van der Waals surface area contributed by atoms with Crippen LogP contribution >= 0.6 is 27.7 Å². The van der Waals surface area contributed by atoms with Gasteiger partial charge in [0.05, 0.1) is 17.5 Å². The van der Waals surface area contributed by atoms with E-state index < -0.39 is 0 Å². The quantitative estimate of drug-likeness (QED) is 0.708. The molecule has 0 saturated carbocycles. The topological polar surface area (TPSA) is 72.0 Å². The molecule has 0 bridgehead atoms. The Morgan fingerprint density at radius 2 is 2.00 bits per heavy atom. The molecular formula is C14H10BrN3O2S. The van der Waals surface area contributed by atoms with Crippen molar-refractivity contribution in [3.8, 4) is 17.2 Å². The first kappa shape index (κ1) is 14.1. The summed E-state index contributed by atoms with van der Waals surface area (Å²) in [6.45, 7) is 0. The summed E-state index contributed by atoms with van der Waals surface area (Å²) in [5.41, 5.74) is 0.599. The van der Waals surface area contributed by atoms with Gasteiger partial charge in [-0.1, -0.05) is 21.1 Å². The highest BCUT2D eigenvalue weighted by atomic mass is 79.9. The maximum absolute atomic E-state index is 9.40. The smallest absolute Gasteiger partial charge is 0.259 e. The van der Waals surface area contributed by atoms with Crippen LogP contribution in [0.3, 0.4) is 0 Å². The fourth-order valence-corrected chi connectivity index (χ4v) is 2.66. The van der Waals surface area contributed by atoms with Gasteiger partial charge in [-0.25, -0.2) is 0 Å². The maximum Gasteiger partial charge on any atom is 0.259 e. The Morgan fingerprint density at radius 1 is 1.19 bits per heavy atom. The molecule has 0 aliphatic heterocycles. The average Bonchev–Trinajstić information content (AvgIpc) is 2.96. The average molecular weight is 364 g/mol. The zero-order valence-corrected chi connectivity index (χ0v) is 13.1. The van der Waals surface area contributed by atoms with Crippen LogP contribution in [-0.2, 0) is 5.75 Å². The lowest BCUT2D eigenvalue weighted by Crippen LogP contribution is -1.84. The summed E-state index contributed by atoms with van der Waals surface area (Å²) in [5, 5.41) is 13.3. The SMILES string of the molecule is Oc1cncc(-c2nc(CSc3ccc(Br)cc3)no2)c1. The van der Waals surface area contributed by atoms with Crippen molar-refractivity contribution in [1.82, 2.24) is 15.1 Å². The molecule has 0 fully saturated rings. The predicted molar refractivity (Wildman–Crippen MR) is 82.9 cm³/mol. The molecule has 0 saturated heterocycles. The van der Waals surface area contributed by atoms with Crippen molar-refractivity contribution in [2.45, 2.75) is 10.6 Å². The van der Waals surface area contributed by atoms with Gasteiger partial charge < -0.3 is 9.63 Å². The fourth-order valence-electron chi connectivity index (χ4n) is 1.65. The molecule has 0 unspecified atom stereocenters. The number of thioether (sulfide) groups is 1. The first-order chi connectivity index (χ1) is 10.2. The van der Waals surface area contributed by atoms with Gasteiger partial charge in [0.15, 0.2) is 5.82 Å². The highest BCUT2D eigenvalue weighted by Crippen LogP contribution is 2.25. The number of halogens is 1. The van der Waals surface area contributed by atoms with Gasteiger partial charge in [0.1, 0.15) is 5.75 Å². The monoisotopic (exact) mass is 363 g/mol. The Kier molecular flexibility index (Phi) is 4.21. The van der Waals surface area contributed by atoms with Crippen LogP contribution in [0, 0.1) is 0 Å². The van der Waals surface area contributed by atoms with Crippen LogP contribution in [0.15, 0.2) is 56.6 Å². The van der Waals surface area contributed by atoms with Gasteiger partial charge in [-0.15, -0.1) is 11.8 Å². The van der Waals surface area contributed by atoms with Crippen molar-refractivity contribution < 1.29 is 9.63 Å². The number of benzene rings is 1. The third kappa shape index (κ3) is 3.62. The van der Waals surface area contributed by atoms with Crippen molar-refractivity contribution in [2.24, 2.45) is 0 Å². The molecule has 7 heteroatoms. The molecule has 3 rings (SSSR count). The number of aromatic nitrogens is 3. The molecule has 5 nitrogen and oxygen atoms in total. The standard InChI is InChI=1S/C14H10BrN3O2S/c15-10-1-3-12(4-2-10)21-8-13-17-14(20-18-13)9-5-11(19)7-16-6-9/h1-7,19H,8H2. The number of aromatic hydroxyl groups is 1. The van der Waals surface area contributed by atoms with E-state index in [4.69, 9.17) is 4.52 Å². The molecule has 0 atom stereocenters.